The van der Waals surface area contributed by atoms with Crippen molar-refractivity contribution in [1.29, 1.82) is 0 Å². The normalized spacial score (nSPS) is 10.7. The Morgan fingerprint density at radius 2 is 1.60 bits per heavy atom. The van der Waals surface area contributed by atoms with E-state index in [1.54, 1.807) is 12.1 Å². The van der Waals surface area contributed by atoms with Gasteiger partial charge in [0.15, 0.2) is 11.6 Å². The van der Waals surface area contributed by atoms with Gasteiger partial charge in [-0.25, -0.2) is 8.78 Å². The lowest BCUT2D eigenvalue weighted by atomic mass is 10.2. The summed E-state index contributed by atoms with van der Waals surface area (Å²) in [5, 5.41) is 9.08. The summed E-state index contributed by atoms with van der Waals surface area (Å²) in [7, 11) is 0. The summed E-state index contributed by atoms with van der Waals surface area (Å²) in [5.74, 6) is -1.25. The van der Waals surface area contributed by atoms with Gasteiger partial charge >= 0.3 is 0 Å². The molecule has 0 saturated carbocycles. The van der Waals surface area contributed by atoms with Crippen LogP contribution in [0.3, 0.4) is 0 Å². The van der Waals surface area contributed by atoms with Crippen molar-refractivity contribution in [1.82, 2.24) is 0 Å². The van der Waals surface area contributed by atoms with Gasteiger partial charge < -0.3 is 9.84 Å². The Balaban J connectivity index is 2.16. The molecule has 0 radical (unpaired) electrons. The minimum Gasteiger partial charge on any atom is -0.487 e. The molecular weight excluding hydrogens is 398 g/mol. The molecule has 0 bridgehead atoms. The molecule has 106 valence electrons. The average Bonchev–Trinajstić information content (AvgIpc) is 2.41. The number of rotatable bonds is 4. The van der Waals surface area contributed by atoms with Gasteiger partial charge in [-0.05, 0) is 67.3 Å². The van der Waals surface area contributed by atoms with Crippen molar-refractivity contribution in [3.05, 3.63) is 62.0 Å². The molecule has 0 aliphatic heterocycles. The van der Waals surface area contributed by atoms with Gasteiger partial charge in [-0.1, -0.05) is 6.07 Å². The first-order valence-corrected chi connectivity index (χ1v) is 7.25. The molecule has 20 heavy (non-hydrogen) atoms. The van der Waals surface area contributed by atoms with Gasteiger partial charge in [-0.15, -0.1) is 0 Å². The predicted octanol–water partition coefficient (Wildman–Crippen LogP) is 4.56. The predicted molar refractivity (Wildman–Crippen MR) is 78.5 cm³/mol. The third-order valence-electron chi connectivity index (χ3n) is 2.61. The summed E-state index contributed by atoms with van der Waals surface area (Å²) >= 11 is 6.68. The topological polar surface area (TPSA) is 29.5 Å². The monoisotopic (exact) mass is 406 g/mol. The summed E-state index contributed by atoms with van der Waals surface area (Å²) in [6.45, 7) is 0.0214. The van der Waals surface area contributed by atoms with Crippen LogP contribution in [0.1, 0.15) is 11.1 Å². The average molecular weight is 408 g/mol. The second-order valence-electron chi connectivity index (χ2n) is 4.08. The van der Waals surface area contributed by atoms with E-state index in [0.29, 0.717) is 20.3 Å². The van der Waals surface area contributed by atoms with Gasteiger partial charge in [0.25, 0.3) is 0 Å². The molecule has 0 amide bonds. The van der Waals surface area contributed by atoms with Crippen molar-refractivity contribution in [2.45, 2.75) is 13.2 Å². The van der Waals surface area contributed by atoms with E-state index in [4.69, 9.17) is 9.84 Å². The fourth-order valence-corrected chi connectivity index (χ4v) is 3.14. The number of aliphatic hydroxyl groups is 1. The molecule has 0 fully saturated rings. The number of hydrogen-bond acceptors (Lipinski definition) is 2. The third kappa shape index (κ3) is 3.56. The van der Waals surface area contributed by atoms with Gasteiger partial charge in [0.1, 0.15) is 12.4 Å². The summed E-state index contributed by atoms with van der Waals surface area (Å²) in [5.41, 5.74) is 1.25. The first-order chi connectivity index (χ1) is 9.51. The lowest BCUT2D eigenvalue weighted by molar-refractivity contribution is 0.280. The van der Waals surface area contributed by atoms with Crippen LogP contribution in [0.2, 0.25) is 0 Å². The van der Waals surface area contributed by atoms with Gasteiger partial charge in [-0.3, -0.25) is 0 Å². The van der Waals surface area contributed by atoms with Crippen molar-refractivity contribution >= 4 is 31.9 Å². The van der Waals surface area contributed by atoms with Crippen LogP contribution < -0.4 is 4.74 Å². The van der Waals surface area contributed by atoms with Crippen LogP contribution in [0.4, 0.5) is 8.78 Å². The molecule has 2 rings (SSSR count). The Morgan fingerprint density at radius 3 is 2.15 bits per heavy atom. The molecule has 2 aromatic rings. The quantitative estimate of drug-likeness (QED) is 0.804. The maximum absolute atomic E-state index is 13.1. The maximum atomic E-state index is 13.1. The lowest BCUT2D eigenvalue weighted by Gasteiger charge is -2.12. The lowest BCUT2D eigenvalue weighted by Crippen LogP contribution is -1.99. The summed E-state index contributed by atoms with van der Waals surface area (Å²) in [6, 6.07) is 7.07. The van der Waals surface area contributed by atoms with E-state index >= 15 is 0 Å². The van der Waals surface area contributed by atoms with Crippen molar-refractivity contribution in [2.24, 2.45) is 0 Å². The van der Waals surface area contributed by atoms with Crippen LogP contribution in [-0.2, 0) is 13.2 Å². The SMILES string of the molecule is OCc1cc(Br)c(OCc2ccc(F)c(F)c2)c(Br)c1. The van der Waals surface area contributed by atoms with Gasteiger partial charge in [0.2, 0.25) is 0 Å². The highest BCUT2D eigenvalue weighted by Crippen LogP contribution is 2.35. The number of hydrogen-bond donors (Lipinski definition) is 1. The minimum absolute atomic E-state index is 0.0827. The Labute approximate surface area is 131 Å². The van der Waals surface area contributed by atoms with Crippen LogP contribution in [0.5, 0.6) is 5.75 Å². The number of benzene rings is 2. The molecule has 0 unspecified atom stereocenters. The minimum atomic E-state index is -0.903. The van der Waals surface area contributed by atoms with Gasteiger partial charge in [0.05, 0.1) is 15.6 Å². The number of ether oxygens (including phenoxy) is 1. The van der Waals surface area contributed by atoms with Crippen molar-refractivity contribution in [3.63, 3.8) is 0 Å². The fourth-order valence-electron chi connectivity index (χ4n) is 1.63. The summed E-state index contributed by atoms with van der Waals surface area (Å²) < 4.78 is 32.8. The Hall–Kier alpha value is -0.980. The largest absolute Gasteiger partial charge is 0.487 e. The number of aliphatic hydroxyl groups excluding tert-OH is 1. The van der Waals surface area contributed by atoms with Crippen LogP contribution in [-0.4, -0.2) is 5.11 Å². The van der Waals surface area contributed by atoms with Gasteiger partial charge in [-0.2, -0.15) is 0 Å². The molecule has 2 nitrogen and oxygen atoms in total. The zero-order valence-electron chi connectivity index (χ0n) is 10.2. The standard InChI is InChI=1S/C14H10Br2F2O2/c15-10-3-9(6-19)4-11(16)14(10)20-7-8-1-2-12(17)13(18)5-8/h1-5,19H,6-7H2. The number of halogens is 4. The second-order valence-corrected chi connectivity index (χ2v) is 5.79. The molecule has 0 saturated heterocycles. The molecule has 0 heterocycles. The van der Waals surface area contributed by atoms with Crippen LogP contribution in [0.15, 0.2) is 39.3 Å². The summed E-state index contributed by atoms with van der Waals surface area (Å²) in [6.07, 6.45) is 0. The molecule has 0 aliphatic rings. The van der Waals surface area contributed by atoms with Crippen LogP contribution in [0.25, 0.3) is 0 Å². The highest BCUT2D eigenvalue weighted by Gasteiger charge is 2.10. The van der Waals surface area contributed by atoms with Crippen molar-refractivity contribution in [3.8, 4) is 5.75 Å². The Kier molecular flexibility index (Phi) is 5.12. The van der Waals surface area contributed by atoms with Crippen LogP contribution in [0, 0.1) is 11.6 Å². The van der Waals surface area contributed by atoms with Crippen LogP contribution >= 0.6 is 31.9 Å². The highest BCUT2D eigenvalue weighted by molar-refractivity contribution is 9.11. The first-order valence-electron chi connectivity index (χ1n) is 5.66. The van der Waals surface area contributed by atoms with E-state index in [9.17, 15) is 8.78 Å². The van der Waals surface area contributed by atoms with Gasteiger partial charge in [0, 0.05) is 0 Å². The van der Waals surface area contributed by atoms with Crippen molar-refractivity contribution < 1.29 is 18.6 Å². The maximum Gasteiger partial charge on any atom is 0.159 e. The Morgan fingerprint density at radius 1 is 0.950 bits per heavy atom. The zero-order valence-corrected chi connectivity index (χ0v) is 13.3. The van der Waals surface area contributed by atoms with E-state index in [1.807, 2.05) is 0 Å². The Bertz CT molecular complexity index is 610. The molecule has 0 aliphatic carbocycles. The molecule has 0 aromatic heterocycles. The molecule has 6 heteroatoms. The fraction of sp³-hybridized carbons (Fsp3) is 0.143. The third-order valence-corrected chi connectivity index (χ3v) is 3.79. The highest BCUT2D eigenvalue weighted by atomic mass is 79.9. The molecule has 0 atom stereocenters. The molecule has 0 spiro atoms. The van der Waals surface area contributed by atoms with E-state index < -0.39 is 11.6 Å². The smallest absolute Gasteiger partial charge is 0.159 e. The summed E-state index contributed by atoms with van der Waals surface area (Å²) in [4.78, 5) is 0. The van der Waals surface area contributed by atoms with E-state index in [0.717, 1.165) is 17.7 Å². The molecule has 2 aromatic carbocycles. The zero-order chi connectivity index (χ0) is 14.7. The molecular formula is C14H10Br2F2O2. The van der Waals surface area contributed by atoms with E-state index in [2.05, 4.69) is 31.9 Å². The second kappa shape index (κ2) is 6.65. The van der Waals surface area contributed by atoms with Crippen molar-refractivity contribution in [2.75, 3.05) is 0 Å². The van der Waals surface area contributed by atoms with E-state index in [-0.39, 0.29) is 13.2 Å². The van der Waals surface area contributed by atoms with E-state index in [1.165, 1.54) is 6.07 Å². The molecule has 1 N–H and O–H groups in total. The first kappa shape index (κ1) is 15.4.